The molecule has 0 aliphatic carbocycles. The lowest BCUT2D eigenvalue weighted by molar-refractivity contribution is -0.133. The molecule has 6 heterocycles. The Morgan fingerprint density at radius 2 is 1.39 bits per heavy atom. The number of nitrogens with one attached hydrogen (secondary N) is 1. The maximum Gasteiger partial charge on any atom is 0.289 e. The second-order valence-electron chi connectivity index (χ2n) is 17.0. The number of pyridine rings is 1. The third kappa shape index (κ3) is 9.04. The molecular weight excluding hydrogens is 853 g/mol. The Kier molecular flexibility index (Phi) is 13.1. The van der Waals surface area contributed by atoms with Gasteiger partial charge in [-0.05, 0) is 54.1 Å². The predicted molar refractivity (Wildman–Crippen MR) is 247 cm³/mol. The van der Waals surface area contributed by atoms with E-state index >= 15 is 0 Å². The molecule has 13 nitrogen and oxygen atoms in total. The standard InChI is InChI=1S/C35H37Cl2N5O4.C14H14N2O2/c36-27-11-9-25(10-12-27)22-38-13-17-41(18-14-38)35(42-19-15-39(16-20-42)33(44)28-6-2-3-7-29(28)37)24-40(23-32(35)43)34(45)31-21-26-5-1-4-8-30(26)46-31;17-13-8-15-7-10(13)14(18)12-6-5-9-3-1-2-4-11(9)16-12/h1-12,21,32,43H,13-20,22-24H2;1-6,10,13,15,17H,7-8H2. The van der Waals surface area contributed by atoms with Gasteiger partial charge in [0.1, 0.15) is 23.0 Å². The number of hydrogen-bond acceptors (Lipinski definition) is 11. The maximum atomic E-state index is 13.8. The summed E-state index contributed by atoms with van der Waals surface area (Å²) in [6.07, 6.45) is -1.42. The average molecular weight is 905 g/mol. The summed E-state index contributed by atoms with van der Waals surface area (Å²) >= 11 is 12.4. The van der Waals surface area contributed by atoms with Crippen molar-refractivity contribution in [3.63, 3.8) is 0 Å². The summed E-state index contributed by atoms with van der Waals surface area (Å²) in [5, 5.41) is 27.7. The van der Waals surface area contributed by atoms with Crippen LogP contribution < -0.4 is 5.32 Å². The quantitative estimate of drug-likeness (QED) is 0.166. The highest BCUT2D eigenvalue weighted by molar-refractivity contribution is 6.33. The number of aromatic nitrogens is 1. The maximum absolute atomic E-state index is 13.8. The van der Waals surface area contributed by atoms with Crippen LogP contribution in [0.25, 0.3) is 21.9 Å². The molecule has 4 atom stereocenters. The number of nitrogens with zero attached hydrogens (tertiary/aromatic N) is 6. The molecule has 4 aliphatic rings. The predicted octanol–water partition coefficient (Wildman–Crippen LogP) is 5.53. The molecule has 2 aromatic heterocycles. The second-order valence-corrected chi connectivity index (χ2v) is 17.8. The lowest BCUT2D eigenvalue weighted by atomic mass is 9.98. The number of aliphatic hydroxyl groups is 2. The molecule has 0 radical (unpaired) electrons. The number of para-hydroxylation sites is 2. The Labute approximate surface area is 381 Å². The number of benzene rings is 4. The molecule has 3 N–H and O–H groups in total. The van der Waals surface area contributed by atoms with Crippen LogP contribution in [0, 0.1) is 5.92 Å². The van der Waals surface area contributed by atoms with Crippen molar-refractivity contribution >= 4 is 62.7 Å². The van der Waals surface area contributed by atoms with E-state index in [1.54, 1.807) is 29.2 Å². The molecule has 0 saturated carbocycles. The van der Waals surface area contributed by atoms with Gasteiger partial charge in [0.05, 0.1) is 41.2 Å². The lowest BCUT2D eigenvalue weighted by Gasteiger charge is -2.54. The summed E-state index contributed by atoms with van der Waals surface area (Å²) in [6.45, 7) is 7.55. The topological polar surface area (TPSA) is 146 Å². The third-order valence-corrected chi connectivity index (χ3v) is 13.7. The number of rotatable bonds is 8. The third-order valence-electron chi connectivity index (χ3n) is 13.1. The van der Waals surface area contributed by atoms with E-state index in [2.05, 4.69) is 37.1 Å². The highest BCUT2D eigenvalue weighted by Gasteiger charge is 2.56. The van der Waals surface area contributed by atoms with Crippen LogP contribution in [0.2, 0.25) is 10.0 Å². The number of piperazine rings is 2. The van der Waals surface area contributed by atoms with Crippen LogP contribution in [0.15, 0.2) is 120 Å². The minimum Gasteiger partial charge on any atom is -0.451 e. The first-order chi connectivity index (χ1) is 31.1. The van der Waals surface area contributed by atoms with Gasteiger partial charge in [-0.15, -0.1) is 0 Å². The van der Waals surface area contributed by atoms with E-state index in [1.165, 1.54) is 5.56 Å². The van der Waals surface area contributed by atoms with E-state index in [-0.39, 0.29) is 35.8 Å². The molecule has 15 heteroatoms. The van der Waals surface area contributed by atoms with Crippen LogP contribution in [0.5, 0.6) is 0 Å². The zero-order valence-corrected chi connectivity index (χ0v) is 36.9. The van der Waals surface area contributed by atoms with Crippen molar-refractivity contribution < 1.29 is 29.0 Å². The summed E-state index contributed by atoms with van der Waals surface area (Å²) < 4.78 is 5.94. The van der Waals surface area contributed by atoms with Gasteiger partial charge in [0, 0.05) is 87.8 Å². The summed E-state index contributed by atoms with van der Waals surface area (Å²) in [6, 6.07) is 35.7. The number of aliphatic hydroxyl groups excluding tert-OH is 2. The first-order valence-electron chi connectivity index (χ1n) is 21.8. The molecule has 332 valence electrons. The van der Waals surface area contributed by atoms with E-state index < -0.39 is 17.9 Å². The van der Waals surface area contributed by atoms with E-state index in [1.807, 2.05) is 83.8 Å². The number of likely N-dealkylation sites (tertiary alicyclic amines) is 1. The van der Waals surface area contributed by atoms with Crippen LogP contribution >= 0.6 is 23.2 Å². The van der Waals surface area contributed by atoms with Gasteiger partial charge in [0.25, 0.3) is 11.8 Å². The molecule has 0 bridgehead atoms. The van der Waals surface area contributed by atoms with Gasteiger partial charge in [-0.2, -0.15) is 0 Å². The number of carbonyl (C=O) groups is 3. The number of fused-ring (bicyclic) bond motifs is 2. The molecule has 4 fully saturated rings. The van der Waals surface area contributed by atoms with Crippen LogP contribution in [-0.2, 0) is 6.54 Å². The van der Waals surface area contributed by atoms with Crippen LogP contribution in [-0.4, -0.2) is 154 Å². The van der Waals surface area contributed by atoms with Gasteiger partial charge in [-0.3, -0.25) is 29.1 Å². The molecule has 10 rings (SSSR count). The van der Waals surface area contributed by atoms with E-state index in [0.717, 1.165) is 54.0 Å². The van der Waals surface area contributed by atoms with Crippen LogP contribution in [0.4, 0.5) is 0 Å². The van der Waals surface area contributed by atoms with Gasteiger partial charge < -0.3 is 29.7 Å². The molecule has 6 aromatic rings. The zero-order chi connectivity index (χ0) is 44.4. The second kappa shape index (κ2) is 19.1. The van der Waals surface area contributed by atoms with E-state index in [4.69, 9.17) is 27.6 Å². The Balaban J connectivity index is 0.000000239. The number of amides is 2. The summed E-state index contributed by atoms with van der Waals surface area (Å²) in [5.41, 5.74) is 2.80. The fraction of sp³-hybridized carbons (Fsp3) is 0.347. The van der Waals surface area contributed by atoms with Gasteiger partial charge in [-0.25, -0.2) is 4.98 Å². The summed E-state index contributed by atoms with van der Waals surface area (Å²) in [4.78, 5) is 54.4. The van der Waals surface area contributed by atoms with E-state index in [0.29, 0.717) is 67.7 Å². The normalized spacial score (nSPS) is 23.3. The number of carbonyl (C=O) groups excluding carboxylic acids is 3. The number of β-amino-alcohol motifs (C(OH)–C–C–N with tert-alkyl or cyclic N) is 2. The Morgan fingerprint density at radius 1 is 0.719 bits per heavy atom. The van der Waals surface area contributed by atoms with Gasteiger partial charge in [-0.1, -0.05) is 89.9 Å². The molecular formula is C49H51Cl2N7O6. The molecule has 4 saturated heterocycles. The average Bonchev–Trinajstić information content (AvgIpc) is 4.06. The van der Waals surface area contributed by atoms with E-state index in [9.17, 15) is 24.6 Å². The SMILES string of the molecule is O=C(c1cc2ccccc2o1)N1CC(O)C(N2CCN(Cc3ccc(Cl)cc3)CC2)(N2CCN(C(=O)c3ccccc3Cl)CC2)C1.O=C(c1ccc2ccccc2n1)C1CNCC1O. The molecule has 0 spiro atoms. The van der Waals surface area contributed by atoms with Crippen molar-refractivity contribution in [2.24, 2.45) is 5.92 Å². The van der Waals surface area contributed by atoms with Crippen molar-refractivity contribution in [2.75, 3.05) is 78.5 Å². The number of halogens is 2. The van der Waals surface area contributed by atoms with Crippen molar-refractivity contribution in [2.45, 2.75) is 24.4 Å². The van der Waals surface area contributed by atoms with Gasteiger partial charge in [0.15, 0.2) is 11.5 Å². The van der Waals surface area contributed by atoms with Gasteiger partial charge >= 0.3 is 0 Å². The summed E-state index contributed by atoms with van der Waals surface area (Å²) in [7, 11) is 0. The molecule has 2 amide bonds. The highest BCUT2D eigenvalue weighted by atomic mass is 35.5. The van der Waals surface area contributed by atoms with Gasteiger partial charge in [0.2, 0.25) is 0 Å². The minimum atomic E-state index is -0.811. The molecule has 4 unspecified atom stereocenters. The number of furan rings is 1. The number of ketones is 1. The molecule has 4 aliphatic heterocycles. The fourth-order valence-electron chi connectivity index (χ4n) is 9.59. The zero-order valence-electron chi connectivity index (χ0n) is 35.4. The first-order valence-corrected chi connectivity index (χ1v) is 22.6. The van der Waals surface area contributed by atoms with Crippen LogP contribution in [0.3, 0.4) is 0 Å². The van der Waals surface area contributed by atoms with Crippen molar-refractivity contribution in [3.8, 4) is 0 Å². The van der Waals surface area contributed by atoms with Crippen molar-refractivity contribution in [1.82, 2.24) is 34.8 Å². The monoisotopic (exact) mass is 903 g/mol. The smallest absolute Gasteiger partial charge is 0.289 e. The number of hydrogen-bond donors (Lipinski definition) is 3. The molecule has 64 heavy (non-hydrogen) atoms. The first kappa shape index (κ1) is 44.0. The Morgan fingerprint density at radius 3 is 2.09 bits per heavy atom. The Bertz CT molecular complexity index is 2600. The largest absolute Gasteiger partial charge is 0.451 e. The van der Waals surface area contributed by atoms with Crippen molar-refractivity contribution in [1.29, 1.82) is 0 Å². The minimum absolute atomic E-state index is 0.0850. The number of Topliss-reactive ketones (excluding diaryl/α,β-unsaturated/α-hetero) is 1. The highest BCUT2D eigenvalue weighted by Crippen LogP contribution is 2.36. The van der Waals surface area contributed by atoms with Crippen molar-refractivity contribution in [3.05, 3.63) is 148 Å². The fourth-order valence-corrected chi connectivity index (χ4v) is 9.94. The summed E-state index contributed by atoms with van der Waals surface area (Å²) in [5.74, 6) is -0.515. The molecule has 4 aromatic carbocycles. The van der Waals surface area contributed by atoms with Crippen LogP contribution in [0.1, 0.15) is 37.0 Å². The Hall–Kier alpha value is -5.22. The lowest BCUT2D eigenvalue weighted by Crippen LogP contribution is -2.72.